The van der Waals surface area contributed by atoms with E-state index >= 15 is 0 Å². The molecule has 0 unspecified atom stereocenters. The van der Waals surface area contributed by atoms with Crippen molar-refractivity contribution in [1.82, 2.24) is 14.9 Å². The smallest absolute Gasteiger partial charge is 0.224 e. The Morgan fingerprint density at radius 3 is 2.62 bits per heavy atom. The third kappa shape index (κ3) is 6.70. The summed E-state index contributed by atoms with van der Waals surface area (Å²) in [5.41, 5.74) is 4.45. The molecule has 1 heterocycles. The van der Waals surface area contributed by atoms with Crippen LogP contribution in [0.4, 0.5) is 0 Å². The number of ether oxygens (including phenoxy) is 1. The fourth-order valence-electron chi connectivity index (χ4n) is 4.15. The van der Waals surface area contributed by atoms with Crippen LogP contribution >= 0.6 is 0 Å². The van der Waals surface area contributed by atoms with E-state index in [2.05, 4.69) is 47.1 Å². The molecule has 1 N–H and O–H groups in total. The lowest BCUT2D eigenvalue weighted by Crippen LogP contribution is -2.26. The van der Waals surface area contributed by atoms with E-state index in [4.69, 9.17) is 9.72 Å². The highest BCUT2D eigenvalue weighted by molar-refractivity contribution is 5.78. The minimum absolute atomic E-state index is 0.0633. The van der Waals surface area contributed by atoms with Crippen LogP contribution in [0.3, 0.4) is 0 Å². The van der Waals surface area contributed by atoms with Crippen LogP contribution in [0, 0.1) is 6.92 Å². The number of benzene rings is 3. The number of aryl methyl sites for hydroxylation is 3. The van der Waals surface area contributed by atoms with Crippen LogP contribution in [0.25, 0.3) is 11.0 Å². The number of aromatic nitrogens is 2. The summed E-state index contributed by atoms with van der Waals surface area (Å²) in [5.74, 6) is 2.08. The fraction of sp³-hybridized carbons (Fsp3) is 0.310. The molecule has 1 amide bonds. The highest BCUT2D eigenvalue weighted by atomic mass is 16.5. The first-order chi connectivity index (χ1) is 16.7. The van der Waals surface area contributed by atoms with Crippen molar-refractivity contribution in [2.24, 2.45) is 0 Å². The number of imidazole rings is 1. The Bertz CT molecular complexity index is 1200. The molecule has 4 aromatic rings. The number of amides is 1. The maximum Gasteiger partial charge on any atom is 0.224 e. The zero-order valence-corrected chi connectivity index (χ0v) is 19.9. The molecular formula is C29H33N3O2. The highest BCUT2D eigenvalue weighted by Gasteiger charge is 2.10. The van der Waals surface area contributed by atoms with Gasteiger partial charge in [-0.1, -0.05) is 54.6 Å². The van der Waals surface area contributed by atoms with E-state index in [9.17, 15) is 4.79 Å². The van der Waals surface area contributed by atoms with Crippen molar-refractivity contribution in [1.29, 1.82) is 0 Å². The second kappa shape index (κ2) is 12.0. The maximum atomic E-state index is 12.2. The zero-order chi connectivity index (χ0) is 23.6. The molecule has 34 heavy (non-hydrogen) atoms. The summed E-state index contributed by atoms with van der Waals surface area (Å²) in [4.78, 5) is 17.1. The molecule has 0 saturated heterocycles. The van der Waals surface area contributed by atoms with Crippen molar-refractivity contribution < 1.29 is 9.53 Å². The number of unbranched alkanes of at least 4 members (excludes halogenated alkanes) is 1. The standard InChI is InChI=1S/C29H33N3O2/c1-23-11-9-14-25(21-23)34-20-8-7-19-32-27-16-6-5-15-26(27)31-28(32)17-10-18-30-29(33)22-24-12-3-2-4-13-24/h2-6,9,11-16,21H,7-8,10,17-20,22H2,1H3,(H,30,33). The van der Waals surface area contributed by atoms with E-state index in [0.29, 0.717) is 19.6 Å². The Labute approximate surface area is 201 Å². The summed E-state index contributed by atoms with van der Waals surface area (Å²) < 4.78 is 8.23. The Hall–Kier alpha value is -3.60. The normalized spacial score (nSPS) is 11.0. The first-order valence-electron chi connectivity index (χ1n) is 12.1. The van der Waals surface area contributed by atoms with Gasteiger partial charge in [0.25, 0.3) is 0 Å². The van der Waals surface area contributed by atoms with Crippen LogP contribution in [0.2, 0.25) is 0 Å². The maximum absolute atomic E-state index is 12.2. The third-order valence-corrected chi connectivity index (χ3v) is 5.87. The van der Waals surface area contributed by atoms with Crippen LogP contribution in [0.15, 0.2) is 78.9 Å². The Kier molecular flexibility index (Phi) is 8.33. The predicted octanol–water partition coefficient (Wildman–Crippen LogP) is 5.50. The Morgan fingerprint density at radius 2 is 1.76 bits per heavy atom. The van der Waals surface area contributed by atoms with E-state index in [0.717, 1.165) is 54.9 Å². The van der Waals surface area contributed by atoms with Gasteiger partial charge in [-0.05, 0) is 61.6 Å². The molecule has 4 rings (SSSR count). The van der Waals surface area contributed by atoms with Gasteiger partial charge >= 0.3 is 0 Å². The molecule has 5 nitrogen and oxygen atoms in total. The molecule has 0 spiro atoms. The fourth-order valence-corrected chi connectivity index (χ4v) is 4.15. The second-order valence-electron chi connectivity index (χ2n) is 8.66. The van der Waals surface area contributed by atoms with E-state index in [-0.39, 0.29) is 5.91 Å². The van der Waals surface area contributed by atoms with E-state index in [1.165, 1.54) is 11.1 Å². The molecule has 0 saturated carbocycles. The Morgan fingerprint density at radius 1 is 0.941 bits per heavy atom. The van der Waals surface area contributed by atoms with Gasteiger partial charge in [0.1, 0.15) is 11.6 Å². The average molecular weight is 456 g/mol. The molecule has 0 bridgehead atoms. The van der Waals surface area contributed by atoms with Crippen molar-refractivity contribution in [3.63, 3.8) is 0 Å². The van der Waals surface area contributed by atoms with Crippen molar-refractivity contribution in [2.75, 3.05) is 13.2 Å². The SMILES string of the molecule is Cc1cccc(OCCCCn2c(CCCNC(=O)Cc3ccccc3)nc3ccccc32)c1. The van der Waals surface area contributed by atoms with Gasteiger partial charge in [0.15, 0.2) is 0 Å². The number of carbonyl (C=O) groups is 1. The first-order valence-corrected chi connectivity index (χ1v) is 12.1. The van der Waals surface area contributed by atoms with Gasteiger partial charge in [-0.2, -0.15) is 0 Å². The second-order valence-corrected chi connectivity index (χ2v) is 8.66. The summed E-state index contributed by atoms with van der Waals surface area (Å²) in [6, 6.07) is 26.3. The molecule has 0 fully saturated rings. The molecule has 0 aliphatic heterocycles. The molecule has 0 radical (unpaired) electrons. The topological polar surface area (TPSA) is 56.1 Å². The van der Waals surface area contributed by atoms with Gasteiger partial charge in [-0.25, -0.2) is 4.98 Å². The summed E-state index contributed by atoms with van der Waals surface area (Å²) >= 11 is 0. The van der Waals surface area contributed by atoms with E-state index < -0.39 is 0 Å². The average Bonchev–Trinajstić information content (AvgIpc) is 3.20. The van der Waals surface area contributed by atoms with E-state index in [1.54, 1.807) is 0 Å². The molecule has 176 valence electrons. The number of rotatable bonds is 12. The number of hydrogen-bond donors (Lipinski definition) is 1. The predicted molar refractivity (Wildman–Crippen MR) is 137 cm³/mol. The molecule has 1 aromatic heterocycles. The number of para-hydroxylation sites is 2. The molecule has 0 atom stereocenters. The van der Waals surface area contributed by atoms with Crippen LogP contribution in [-0.2, 0) is 24.2 Å². The number of nitrogens with zero attached hydrogens (tertiary/aromatic N) is 2. The minimum Gasteiger partial charge on any atom is -0.494 e. The monoisotopic (exact) mass is 455 g/mol. The van der Waals surface area contributed by atoms with Gasteiger partial charge < -0.3 is 14.6 Å². The number of fused-ring (bicyclic) bond motifs is 1. The summed E-state index contributed by atoms with van der Waals surface area (Å²) in [7, 11) is 0. The largest absolute Gasteiger partial charge is 0.494 e. The molecular weight excluding hydrogens is 422 g/mol. The minimum atomic E-state index is 0.0633. The summed E-state index contributed by atoms with van der Waals surface area (Å²) in [6.45, 7) is 4.35. The van der Waals surface area contributed by atoms with Crippen LogP contribution in [-0.4, -0.2) is 28.6 Å². The van der Waals surface area contributed by atoms with Gasteiger partial charge in [0.05, 0.1) is 24.1 Å². The molecule has 0 aliphatic carbocycles. The van der Waals surface area contributed by atoms with Gasteiger partial charge in [0, 0.05) is 19.5 Å². The number of nitrogens with one attached hydrogen (secondary N) is 1. The lowest BCUT2D eigenvalue weighted by Gasteiger charge is -2.11. The first kappa shape index (κ1) is 23.6. The zero-order valence-electron chi connectivity index (χ0n) is 19.9. The van der Waals surface area contributed by atoms with Crippen molar-refractivity contribution in [3.05, 3.63) is 95.8 Å². The molecule has 3 aromatic carbocycles. The van der Waals surface area contributed by atoms with Crippen LogP contribution < -0.4 is 10.1 Å². The number of hydrogen-bond acceptors (Lipinski definition) is 3. The summed E-state index contributed by atoms with van der Waals surface area (Å²) in [6.07, 6.45) is 4.12. The lowest BCUT2D eigenvalue weighted by molar-refractivity contribution is -0.120. The lowest BCUT2D eigenvalue weighted by atomic mass is 10.1. The van der Waals surface area contributed by atoms with E-state index in [1.807, 2.05) is 48.5 Å². The molecule has 0 aliphatic rings. The highest BCUT2D eigenvalue weighted by Crippen LogP contribution is 2.18. The number of carbonyl (C=O) groups excluding carboxylic acids is 1. The molecule has 5 heteroatoms. The van der Waals surface area contributed by atoms with Crippen LogP contribution in [0.1, 0.15) is 36.2 Å². The van der Waals surface area contributed by atoms with Gasteiger partial charge in [-0.3, -0.25) is 4.79 Å². The van der Waals surface area contributed by atoms with Gasteiger partial charge in [-0.15, -0.1) is 0 Å². The van der Waals surface area contributed by atoms with Crippen molar-refractivity contribution in [2.45, 2.75) is 45.6 Å². The van der Waals surface area contributed by atoms with Crippen LogP contribution in [0.5, 0.6) is 5.75 Å². The van der Waals surface area contributed by atoms with Gasteiger partial charge in [0.2, 0.25) is 5.91 Å². The quantitative estimate of drug-likeness (QED) is 0.287. The Balaban J connectivity index is 1.26. The third-order valence-electron chi connectivity index (χ3n) is 5.87. The summed E-state index contributed by atoms with van der Waals surface area (Å²) in [5, 5.41) is 3.04. The van der Waals surface area contributed by atoms with Crippen molar-refractivity contribution >= 4 is 16.9 Å². The van der Waals surface area contributed by atoms with Crippen molar-refractivity contribution in [3.8, 4) is 5.75 Å².